The van der Waals surface area contributed by atoms with E-state index in [0.29, 0.717) is 18.3 Å². The summed E-state index contributed by atoms with van der Waals surface area (Å²) in [6, 6.07) is 0.447. The van der Waals surface area contributed by atoms with Crippen molar-refractivity contribution in [1.82, 2.24) is 15.1 Å². The first kappa shape index (κ1) is 14.3. The second-order valence-corrected chi connectivity index (χ2v) is 5.31. The summed E-state index contributed by atoms with van der Waals surface area (Å²) in [4.78, 5) is 11.9. The van der Waals surface area contributed by atoms with Crippen LogP contribution < -0.4 is 16.2 Å². The fourth-order valence-corrected chi connectivity index (χ4v) is 2.50. The third-order valence-electron chi connectivity index (χ3n) is 3.37. The van der Waals surface area contributed by atoms with Gasteiger partial charge in [0.15, 0.2) is 0 Å². The smallest absolute Gasteiger partial charge is 0.287 e. The molecule has 0 saturated carbocycles. The van der Waals surface area contributed by atoms with E-state index in [-0.39, 0.29) is 10.6 Å². The first-order valence-electron chi connectivity index (χ1n) is 6.95. The van der Waals surface area contributed by atoms with Gasteiger partial charge in [-0.3, -0.25) is 4.79 Å². The highest BCUT2D eigenvalue weighted by Crippen LogP contribution is 2.16. The zero-order chi connectivity index (χ0) is 13.7. The molecule has 2 heterocycles. The number of piperidine rings is 1. The van der Waals surface area contributed by atoms with Crippen molar-refractivity contribution >= 4 is 17.3 Å². The van der Waals surface area contributed by atoms with Crippen LogP contribution in [0.3, 0.4) is 0 Å². The van der Waals surface area contributed by atoms with Crippen molar-refractivity contribution in [2.24, 2.45) is 0 Å². The van der Waals surface area contributed by atoms with Crippen molar-refractivity contribution in [3.8, 4) is 0 Å². The summed E-state index contributed by atoms with van der Waals surface area (Å²) in [6.07, 6.45) is 6.16. The second kappa shape index (κ2) is 6.91. The average molecular weight is 285 g/mol. The summed E-state index contributed by atoms with van der Waals surface area (Å²) >= 11 is 6.10. The number of nitrogens with one attached hydrogen (secondary N) is 2. The van der Waals surface area contributed by atoms with Crippen molar-refractivity contribution in [1.29, 1.82) is 0 Å². The van der Waals surface area contributed by atoms with Gasteiger partial charge in [-0.15, -0.1) is 0 Å². The SMILES string of the molecule is CCCn1ncc(NCC2CCCCN2)c(Cl)c1=O. The molecule has 19 heavy (non-hydrogen) atoms. The molecule has 2 N–H and O–H groups in total. The highest BCUT2D eigenvalue weighted by molar-refractivity contribution is 6.32. The van der Waals surface area contributed by atoms with Crippen LogP contribution in [0, 0.1) is 0 Å². The molecule has 5 nitrogen and oxygen atoms in total. The van der Waals surface area contributed by atoms with Crippen LogP contribution >= 0.6 is 11.6 Å². The van der Waals surface area contributed by atoms with Gasteiger partial charge < -0.3 is 10.6 Å². The molecule has 1 unspecified atom stereocenters. The maximum absolute atomic E-state index is 11.9. The quantitative estimate of drug-likeness (QED) is 0.866. The lowest BCUT2D eigenvalue weighted by Gasteiger charge is -2.24. The molecule has 0 radical (unpaired) electrons. The van der Waals surface area contributed by atoms with E-state index in [0.717, 1.165) is 25.9 Å². The van der Waals surface area contributed by atoms with Crippen molar-refractivity contribution in [2.45, 2.75) is 45.2 Å². The lowest BCUT2D eigenvalue weighted by Crippen LogP contribution is -2.39. The van der Waals surface area contributed by atoms with Gasteiger partial charge in [-0.2, -0.15) is 5.10 Å². The summed E-state index contributed by atoms with van der Waals surface area (Å²) in [6.45, 7) is 4.45. The zero-order valence-electron chi connectivity index (χ0n) is 11.3. The Morgan fingerprint density at radius 2 is 2.42 bits per heavy atom. The van der Waals surface area contributed by atoms with Gasteiger partial charge in [-0.05, 0) is 25.8 Å². The van der Waals surface area contributed by atoms with Crippen LogP contribution in [0.1, 0.15) is 32.6 Å². The molecule has 0 bridgehead atoms. The van der Waals surface area contributed by atoms with Crippen LogP contribution in [-0.2, 0) is 6.54 Å². The molecule has 2 rings (SSSR count). The molecule has 106 valence electrons. The number of rotatable bonds is 5. The Hall–Kier alpha value is -1.07. The van der Waals surface area contributed by atoms with Crippen LogP contribution in [0.2, 0.25) is 5.02 Å². The molecule has 0 spiro atoms. The standard InChI is InChI=1S/C13H21ClN4O/c1-2-7-18-13(19)12(14)11(9-17-18)16-8-10-5-3-4-6-15-10/h9-10,15-16H,2-8H2,1H3. The Bertz CT molecular complexity index is 468. The molecule has 1 aliphatic heterocycles. The Labute approximate surface area is 118 Å². The first-order valence-corrected chi connectivity index (χ1v) is 7.33. The molecule has 1 atom stereocenters. The van der Waals surface area contributed by atoms with Crippen molar-refractivity contribution in [2.75, 3.05) is 18.4 Å². The van der Waals surface area contributed by atoms with Gasteiger partial charge in [0, 0.05) is 19.1 Å². The minimum atomic E-state index is -0.217. The van der Waals surface area contributed by atoms with Gasteiger partial charge in [0.2, 0.25) is 0 Å². The predicted octanol–water partition coefficient (Wildman–Crippen LogP) is 1.86. The number of anilines is 1. The first-order chi connectivity index (χ1) is 9.22. The molecule has 1 aliphatic rings. The van der Waals surface area contributed by atoms with Gasteiger partial charge in [-0.1, -0.05) is 24.9 Å². The summed E-state index contributed by atoms with van der Waals surface area (Å²) < 4.78 is 1.41. The minimum absolute atomic E-state index is 0.217. The Morgan fingerprint density at radius 3 is 3.11 bits per heavy atom. The summed E-state index contributed by atoms with van der Waals surface area (Å²) in [5, 5.41) is 11.0. The van der Waals surface area contributed by atoms with Gasteiger partial charge >= 0.3 is 0 Å². The molecule has 0 amide bonds. The molecule has 0 aromatic carbocycles. The highest BCUT2D eigenvalue weighted by atomic mass is 35.5. The molecular weight excluding hydrogens is 264 g/mol. The third kappa shape index (κ3) is 3.70. The Balaban J connectivity index is 2.00. The van der Waals surface area contributed by atoms with E-state index in [1.54, 1.807) is 6.20 Å². The molecule has 1 aromatic rings. The van der Waals surface area contributed by atoms with Crippen LogP contribution in [0.4, 0.5) is 5.69 Å². The molecule has 0 aliphatic carbocycles. The average Bonchev–Trinajstić information content (AvgIpc) is 2.44. The molecule has 1 fully saturated rings. The van der Waals surface area contributed by atoms with Gasteiger partial charge in [0.25, 0.3) is 5.56 Å². The van der Waals surface area contributed by atoms with Gasteiger partial charge in [-0.25, -0.2) is 4.68 Å². The molecule has 1 saturated heterocycles. The fraction of sp³-hybridized carbons (Fsp3) is 0.692. The normalized spacial score (nSPS) is 19.4. The van der Waals surface area contributed by atoms with Crippen LogP contribution in [-0.4, -0.2) is 28.9 Å². The van der Waals surface area contributed by atoms with E-state index in [4.69, 9.17) is 11.6 Å². The maximum Gasteiger partial charge on any atom is 0.287 e. The highest BCUT2D eigenvalue weighted by Gasteiger charge is 2.14. The number of hydrogen-bond acceptors (Lipinski definition) is 4. The monoisotopic (exact) mass is 284 g/mol. The Kier molecular flexibility index (Phi) is 5.22. The second-order valence-electron chi connectivity index (χ2n) is 4.93. The van der Waals surface area contributed by atoms with E-state index in [9.17, 15) is 4.79 Å². The van der Waals surface area contributed by atoms with E-state index < -0.39 is 0 Å². The van der Waals surface area contributed by atoms with Crippen molar-refractivity contribution in [3.05, 3.63) is 21.6 Å². The van der Waals surface area contributed by atoms with E-state index in [2.05, 4.69) is 15.7 Å². The van der Waals surface area contributed by atoms with Gasteiger partial charge in [0.1, 0.15) is 5.02 Å². The van der Waals surface area contributed by atoms with Crippen LogP contribution in [0.25, 0.3) is 0 Å². The van der Waals surface area contributed by atoms with E-state index in [1.807, 2.05) is 6.92 Å². The lowest BCUT2D eigenvalue weighted by molar-refractivity contribution is 0.414. The van der Waals surface area contributed by atoms with E-state index >= 15 is 0 Å². The van der Waals surface area contributed by atoms with Gasteiger partial charge in [0.05, 0.1) is 11.9 Å². The summed E-state index contributed by atoms with van der Waals surface area (Å²) in [5.41, 5.74) is 0.413. The fourth-order valence-electron chi connectivity index (χ4n) is 2.29. The molecule has 1 aromatic heterocycles. The van der Waals surface area contributed by atoms with Crippen molar-refractivity contribution < 1.29 is 0 Å². The number of hydrogen-bond donors (Lipinski definition) is 2. The van der Waals surface area contributed by atoms with Crippen LogP contribution in [0.5, 0.6) is 0 Å². The predicted molar refractivity (Wildman–Crippen MR) is 77.9 cm³/mol. The van der Waals surface area contributed by atoms with Crippen LogP contribution in [0.15, 0.2) is 11.0 Å². The molecule has 6 heteroatoms. The minimum Gasteiger partial charge on any atom is -0.381 e. The maximum atomic E-state index is 11.9. The van der Waals surface area contributed by atoms with Crippen molar-refractivity contribution in [3.63, 3.8) is 0 Å². The summed E-state index contributed by atoms with van der Waals surface area (Å²) in [5.74, 6) is 0. The number of halogens is 1. The molecular formula is C13H21ClN4O. The lowest BCUT2D eigenvalue weighted by atomic mass is 10.1. The number of nitrogens with zero attached hydrogens (tertiary/aromatic N) is 2. The topological polar surface area (TPSA) is 59.0 Å². The number of aromatic nitrogens is 2. The summed E-state index contributed by atoms with van der Waals surface area (Å²) in [7, 11) is 0. The van der Waals surface area contributed by atoms with E-state index in [1.165, 1.54) is 17.5 Å². The third-order valence-corrected chi connectivity index (χ3v) is 3.74. The zero-order valence-corrected chi connectivity index (χ0v) is 12.0. The Morgan fingerprint density at radius 1 is 1.58 bits per heavy atom. The largest absolute Gasteiger partial charge is 0.381 e. The number of aryl methyl sites for hydroxylation is 1.